The average Bonchev–Trinajstić information content (AvgIpc) is 2.82. The van der Waals surface area contributed by atoms with E-state index in [0.29, 0.717) is 18.7 Å². The highest BCUT2D eigenvalue weighted by atomic mass is 35.5. The summed E-state index contributed by atoms with van der Waals surface area (Å²) in [5, 5.41) is 3.27. The van der Waals surface area contributed by atoms with Gasteiger partial charge in [-0.25, -0.2) is 8.42 Å². The molecule has 0 bridgehead atoms. The van der Waals surface area contributed by atoms with Crippen LogP contribution in [0.1, 0.15) is 32.8 Å². The monoisotopic (exact) mass is 557 g/mol. The van der Waals surface area contributed by atoms with Gasteiger partial charge in [-0.1, -0.05) is 56.1 Å². The Morgan fingerprint density at radius 1 is 1.11 bits per heavy atom. The van der Waals surface area contributed by atoms with Gasteiger partial charge in [-0.2, -0.15) is 0 Å². The van der Waals surface area contributed by atoms with E-state index in [2.05, 4.69) is 5.32 Å². The fraction of sp³-hybridized carbons (Fsp3) is 0.440. The van der Waals surface area contributed by atoms with Crippen LogP contribution >= 0.6 is 23.2 Å². The van der Waals surface area contributed by atoms with Gasteiger partial charge in [0, 0.05) is 18.1 Å². The summed E-state index contributed by atoms with van der Waals surface area (Å²) < 4.78 is 31.6. The van der Waals surface area contributed by atoms with Gasteiger partial charge in [0.1, 0.15) is 18.3 Å². The Labute approximate surface area is 223 Å². The number of amides is 2. The molecule has 0 fully saturated rings. The highest BCUT2D eigenvalue weighted by Gasteiger charge is 2.32. The molecule has 2 aromatic carbocycles. The van der Waals surface area contributed by atoms with Gasteiger partial charge in [0.15, 0.2) is 0 Å². The van der Waals surface area contributed by atoms with Crippen molar-refractivity contribution in [2.24, 2.45) is 5.92 Å². The molecule has 0 aliphatic rings. The van der Waals surface area contributed by atoms with Crippen LogP contribution < -0.4 is 14.4 Å². The number of benzene rings is 2. The summed E-state index contributed by atoms with van der Waals surface area (Å²) >= 11 is 12.3. The minimum atomic E-state index is -3.92. The third-order valence-corrected chi connectivity index (χ3v) is 7.09. The molecular weight excluding hydrogens is 525 g/mol. The van der Waals surface area contributed by atoms with Crippen molar-refractivity contribution in [2.45, 2.75) is 39.8 Å². The number of ether oxygens (including phenoxy) is 1. The van der Waals surface area contributed by atoms with Gasteiger partial charge in [-0.3, -0.25) is 13.9 Å². The SMILES string of the molecule is CC[C@@H](C(=O)NCC(C)C)N(Cc1cccc(OC)c1)C(=O)CN(c1cc(Cl)ccc1Cl)S(C)(=O)=O. The van der Waals surface area contributed by atoms with Gasteiger partial charge in [0.25, 0.3) is 0 Å². The van der Waals surface area contributed by atoms with Crippen molar-refractivity contribution in [3.63, 3.8) is 0 Å². The molecule has 0 aliphatic heterocycles. The highest BCUT2D eigenvalue weighted by molar-refractivity contribution is 7.92. The lowest BCUT2D eigenvalue weighted by molar-refractivity contribution is -0.140. The first-order valence-electron chi connectivity index (χ1n) is 11.5. The van der Waals surface area contributed by atoms with Gasteiger partial charge in [0.05, 0.1) is 24.1 Å². The topological polar surface area (TPSA) is 96.0 Å². The average molecular weight is 559 g/mol. The van der Waals surface area contributed by atoms with Crippen molar-refractivity contribution in [2.75, 3.05) is 30.8 Å². The molecule has 0 spiro atoms. The molecule has 1 atom stereocenters. The number of hydrogen-bond acceptors (Lipinski definition) is 5. The molecule has 0 aliphatic carbocycles. The second-order valence-corrected chi connectivity index (χ2v) is 11.6. The molecule has 0 saturated heterocycles. The molecule has 198 valence electrons. The zero-order chi connectivity index (χ0) is 27.0. The van der Waals surface area contributed by atoms with E-state index < -0.39 is 28.5 Å². The van der Waals surface area contributed by atoms with Crippen molar-refractivity contribution >= 4 is 50.7 Å². The second kappa shape index (κ2) is 13.2. The lowest BCUT2D eigenvalue weighted by Crippen LogP contribution is -2.52. The fourth-order valence-electron chi connectivity index (χ4n) is 3.58. The fourth-order valence-corrected chi connectivity index (χ4v) is 4.87. The molecule has 36 heavy (non-hydrogen) atoms. The standard InChI is InChI=1S/C25H33Cl2N3O5S/c1-6-22(25(32)28-14-17(2)3)29(15-18-8-7-9-20(12-18)35-4)24(31)16-30(36(5,33)34)23-13-19(26)10-11-21(23)27/h7-13,17,22H,6,14-16H2,1-5H3,(H,28,32)/t22-/m0/s1. The number of rotatable bonds is 12. The lowest BCUT2D eigenvalue weighted by Gasteiger charge is -2.33. The summed E-state index contributed by atoms with van der Waals surface area (Å²) in [6.07, 6.45) is 1.31. The van der Waals surface area contributed by atoms with Gasteiger partial charge >= 0.3 is 0 Å². The van der Waals surface area contributed by atoms with E-state index in [9.17, 15) is 18.0 Å². The molecular formula is C25H33Cl2N3O5S. The molecule has 8 nitrogen and oxygen atoms in total. The third kappa shape index (κ3) is 8.28. The van der Waals surface area contributed by atoms with Gasteiger partial charge in [-0.15, -0.1) is 0 Å². The van der Waals surface area contributed by atoms with Crippen LogP contribution in [0.4, 0.5) is 5.69 Å². The van der Waals surface area contributed by atoms with E-state index in [4.69, 9.17) is 27.9 Å². The van der Waals surface area contributed by atoms with Crippen LogP contribution in [0.5, 0.6) is 5.75 Å². The number of carbonyl (C=O) groups is 2. The maximum absolute atomic E-state index is 13.7. The molecule has 2 amide bonds. The van der Waals surface area contributed by atoms with Crippen LogP contribution in [0.15, 0.2) is 42.5 Å². The Bertz CT molecular complexity index is 1170. The van der Waals surface area contributed by atoms with Gasteiger partial charge < -0.3 is 15.0 Å². The maximum atomic E-state index is 13.7. The van der Waals surface area contributed by atoms with Crippen molar-refractivity contribution in [3.05, 3.63) is 58.1 Å². The van der Waals surface area contributed by atoms with Gasteiger partial charge in [-0.05, 0) is 48.2 Å². The minimum absolute atomic E-state index is 0.0739. The first-order valence-corrected chi connectivity index (χ1v) is 14.1. The quantitative estimate of drug-likeness (QED) is 0.418. The zero-order valence-corrected chi connectivity index (χ0v) is 23.5. The second-order valence-electron chi connectivity index (χ2n) is 8.80. The van der Waals surface area contributed by atoms with E-state index in [1.807, 2.05) is 19.9 Å². The number of nitrogens with zero attached hydrogens (tertiary/aromatic N) is 2. The lowest BCUT2D eigenvalue weighted by atomic mass is 10.1. The Morgan fingerprint density at radius 3 is 2.39 bits per heavy atom. The molecule has 1 N–H and O–H groups in total. The maximum Gasteiger partial charge on any atom is 0.244 e. The van der Waals surface area contributed by atoms with Crippen LogP contribution in [-0.2, 0) is 26.2 Å². The number of nitrogens with one attached hydrogen (secondary N) is 1. The molecule has 0 radical (unpaired) electrons. The number of methoxy groups -OCH3 is 1. The highest BCUT2D eigenvalue weighted by Crippen LogP contribution is 2.31. The summed E-state index contributed by atoms with van der Waals surface area (Å²) in [6, 6.07) is 10.7. The molecule has 2 rings (SSSR count). The van der Waals surface area contributed by atoms with Crippen LogP contribution in [0.25, 0.3) is 0 Å². The first-order chi connectivity index (χ1) is 16.9. The molecule has 0 unspecified atom stereocenters. The Hall–Kier alpha value is -2.49. The largest absolute Gasteiger partial charge is 0.497 e. The Kier molecular flexibility index (Phi) is 10.9. The predicted octanol–water partition coefficient (Wildman–Crippen LogP) is 4.35. The summed E-state index contributed by atoms with van der Waals surface area (Å²) in [5.41, 5.74) is 0.808. The summed E-state index contributed by atoms with van der Waals surface area (Å²) in [7, 11) is -2.38. The molecule has 2 aromatic rings. The van der Waals surface area contributed by atoms with Crippen LogP contribution in [0.2, 0.25) is 10.0 Å². The molecule has 0 heterocycles. The predicted molar refractivity (Wildman–Crippen MR) is 144 cm³/mol. The smallest absolute Gasteiger partial charge is 0.244 e. The Morgan fingerprint density at radius 2 is 1.81 bits per heavy atom. The number of hydrogen-bond donors (Lipinski definition) is 1. The summed E-state index contributed by atoms with van der Waals surface area (Å²) in [6.45, 7) is 5.71. The van der Waals surface area contributed by atoms with Crippen molar-refractivity contribution in [1.29, 1.82) is 0 Å². The van der Waals surface area contributed by atoms with E-state index >= 15 is 0 Å². The van der Waals surface area contributed by atoms with E-state index in [0.717, 1.165) is 16.1 Å². The first kappa shape index (κ1) is 29.7. The van der Waals surface area contributed by atoms with Crippen LogP contribution in [-0.4, -0.2) is 57.6 Å². The van der Waals surface area contributed by atoms with Gasteiger partial charge in [0.2, 0.25) is 21.8 Å². The third-order valence-electron chi connectivity index (χ3n) is 5.41. The van der Waals surface area contributed by atoms with Crippen molar-refractivity contribution in [1.82, 2.24) is 10.2 Å². The van der Waals surface area contributed by atoms with Crippen LogP contribution in [0, 0.1) is 5.92 Å². The number of carbonyl (C=O) groups excluding carboxylic acids is 2. The van der Waals surface area contributed by atoms with E-state index in [-0.39, 0.29) is 34.1 Å². The van der Waals surface area contributed by atoms with Crippen molar-refractivity contribution < 1.29 is 22.7 Å². The summed E-state index contributed by atoms with van der Waals surface area (Å²) in [4.78, 5) is 28.2. The minimum Gasteiger partial charge on any atom is -0.497 e. The van der Waals surface area contributed by atoms with E-state index in [1.165, 1.54) is 30.2 Å². The molecule has 11 heteroatoms. The number of anilines is 1. The number of halogens is 2. The van der Waals surface area contributed by atoms with Crippen molar-refractivity contribution in [3.8, 4) is 5.75 Å². The normalized spacial score (nSPS) is 12.2. The summed E-state index contributed by atoms with van der Waals surface area (Å²) in [5.74, 6) is -0.0552. The Balaban J connectivity index is 2.48. The molecule has 0 saturated carbocycles. The zero-order valence-electron chi connectivity index (χ0n) is 21.1. The van der Waals surface area contributed by atoms with E-state index in [1.54, 1.807) is 25.1 Å². The number of sulfonamides is 1. The van der Waals surface area contributed by atoms with Crippen LogP contribution in [0.3, 0.4) is 0 Å². The molecule has 0 aromatic heterocycles.